The third kappa shape index (κ3) is 2.75. The summed E-state index contributed by atoms with van der Waals surface area (Å²) in [6.45, 7) is 4.02. The molecule has 1 aliphatic heterocycles. The molecule has 0 unspecified atom stereocenters. The lowest BCUT2D eigenvalue weighted by Gasteiger charge is -2.33. The average Bonchev–Trinajstić information content (AvgIpc) is 3.18. The Balaban J connectivity index is 1.65. The minimum Gasteiger partial charge on any atom is -0.496 e. The summed E-state index contributed by atoms with van der Waals surface area (Å²) in [6, 6.07) is 8.23. The number of hydrogen-bond donors (Lipinski definition) is 1. The topological polar surface area (TPSA) is 70.2 Å². The summed E-state index contributed by atoms with van der Waals surface area (Å²) in [4.78, 5) is 21.5. The van der Waals surface area contributed by atoms with Crippen molar-refractivity contribution in [1.29, 1.82) is 0 Å². The number of methoxy groups -OCH3 is 1. The second-order valence-corrected chi connectivity index (χ2v) is 7.16. The Morgan fingerprint density at radius 1 is 1.04 bits per heavy atom. The van der Waals surface area contributed by atoms with Gasteiger partial charge in [-0.05, 0) is 30.8 Å². The van der Waals surface area contributed by atoms with E-state index in [0.29, 0.717) is 0 Å². The Morgan fingerprint density at radius 2 is 1.89 bits per heavy atom. The Morgan fingerprint density at radius 3 is 2.71 bits per heavy atom. The van der Waals surface area contributed by atoms with Crippen LogP contribution in [0.2, 0.25) is 0 Å². The number of rotatable bonds is 3. The molecule has 1 N–H and O–H groups in total. The SMILES string of the molecule is COc1ccnc2[nH]cc(-c3ccc4ncnc(N5CCN(C)CC5)c4c3)c12. The molecular formula is C21H22N6O. The van der Waals surface area contributed by atoms with E-state index in [1.807, 2.05) is 12.3 Å². The molecule has 0 atom stereocenters. The molecule has 1 aliphatic rings. The van der Waals surface area contributed by atoms with Crippen LogP contribution in [-0.4, -0.2) is 65.2 Å². The number of aromatic nitrogens is 4. The minimum atomic E-state index is 0.810. The van der Waals surface area contributed by atoms with Gasteiger partial charge in [0.15, 0.2) is 0 Å². The zero-order valence-electron chi connectivity index (χ0n) is 16.0. The predicted molar refractivity (Wildman–Crippen MR) is 111 cm³/mol. The van der Waals surface area contributed by atoms with Gasteiger partial charge in [0.1, 0.15) is 23.5 Å². The van der Waals surface area contributed by atoms with Gasteiger partial charge in [-0.2, -0.15) is 0 Å². The van der Waals surface area contributed by atoms with E-state index in [-0.39, 0.29) is 0 Å². The highest BCUT2D eigenvalue weighted by molar-refractivity contribution is 6.01. The number of nitrogens with one attached hydrogen (secondary N) is 1. The van der Waals surface area contributed by atoms with E-state index in [1.165, 1.54) is 0 Å². The van der Waals surface area contributed by atoms with Crippen molar-refractivity contribution in [3.63, 3.8) is 0 Å². The summed E-state index contributed by atoms with van der Waals surface area (Å²) < 4.78 is 5.57. The van der Waals surface area contributed by atoms with Gasteiger partial charge < -0.3 is 19.5 Å². The van der Waals surface area contributed by atoms with Gasteiger partial charge >= 0.3 is 0 Å². The van der Waals surface area contributed by atoms with Crippen LogP contribution >= 0.6 is 0 Å². The van der Waals surface area contributed by atoms with Gasteiger partial charge in [-0.1, -0.05) is 6.07 Å². The lowest BCUT2D eigenvalue weighted by atomic mass is 10.0. The number of hydrogen-bond acceptors (Lipinski definition) is 6. The van der Waals surface area contributed by atoms with Gasteiger partial charge in [-0.15, -0.1) is 0 Å². The van der Waals surface area contributed by atoms with Crippen LogP contribution in [0.1, 0.15) is 0 Å². The number of aromatic amines is 1. The van der Waals surface area contributed by atoms with E-state index in [2.05, 4.69) is 55.0 Å². The van der Waals surface area contributed by atoms with Crippen LogP contribution in [0.25, 0.3) is 33.1 Å². The molecule has 3 aromatic heterocycles. The lowest BCUT2D eigenvalue weighted by Crippen LogP contribution is -2.44. The maximum Gasteiger partial charge on any atom is 0.141 e. The fraction of sp³-hybridized carbons (Fsp3) is 0.286. The third-order valence-corrected chi connectivity index (χ3v) is 5.48. The molecule has 4 aromatic rings. The Bertz CT molecular complexity index is 1150. The molecule has 4 heterocycles. The molecule has 0 aliphatic carbocycles. The van der Waals surface area contributed by atoms with Crippen molar-refractivity contribution < 1.29 is 4.74 Å². The number of ether oxygens (including phenoxy) is 1. The van der Waals surface area contributed by atoms with Crippen LogP contribution in [0.3, 0.4) is 0 Å². The van der Waals surface area contributed by atoms with Gasteiger partial charge in [-0.3, -0.25) is 0 Å². The molecule has 28 heavy (non-hydrogen) atoms. The summed E-state index contributed by atoms with van der Waals surface area (Å²) in [5.74, 6) is 1.81. The Labute approximate surface area is 163 Å². The van der Waals surface area contributed by atoms with Gasteiger partial charge in [0, 0.05) is 49.5 Å². The molecule has 7 nitrogen and oxygen atoms in total. The van der Waals surface area contributed by atoms with Gasteiger partial charge in [0.25, 0.3) is 0 Å². The second-order valence-electron chi connectivity index (χ2n) is 7.16. The van der Waals surface area contributed by atoms with Crippen LogP contribution in [0.15, 0.2) is 43.0 Å². The van der Waals surface area contributed by atoms with E-state index >= 15 is 0 Å². The zero-order valence-corrected chi connectivity index (χ0v) is 16.0. The third-order valence-electron chi connectivity index (χ3n) is 5.48. The van der Waals surface area contributed by atoms with Crippen LogP contribution in [0.4, 0.5) is 5.82 Å². The summed E-state index contributed by atoms with van der Waals surface area (Å²) in [6.07, 6.45) is 5.40. The number of nitrogens with zero attached hydrogens (tertiary/aromatic N) is 5. The monoisotopic (exact) mass is 374 g/mol. The predicted octanol–water partition coefficient (Wildman–Crippen LogP) is 2.93. The first kappa shape index (κ1) is 16.9. The molecule has 1 aromatic carbocycles. The van der Waals surface area contributed by atoms with Gasteiger partial charge in [0.05, 0.1) is 18.0 Å². The van der Waals surface area contributed by atoms with Crippen molar-refractivity contribution in [1.82, 2.24) is 24.8 Å². The van der Waals surface area contributed by atoms with E-state index in [9.17, 15) is 0 Å². The summed E-state index contributed by atoms with van der Waals surface area (Å²) >= 11 is 0. The molecule has 0 amide bonds. The molecule has 0 radical (unpaired) electrons. The summed E-state index contributed by atoms with van der Waals surface area (Å²) in [5.41, 5.74) is 3.93. The number of likely N-dealkylation sites (N-methyl/N-ethyl adjacent to an activating group) is 1. The Hall–Kier alpha value is -3.19. The normalized spacial score (nSPS) is 15.4. The summed E-state index contributed by atoms with van der Waals surface area (Å²) in [7, 11) is 3.84. The lowest BCUT2D eigenvalue weighted by molar-refractivity contribution is 0.312. The largest absolute Gasteiger partial charge is 0.496 e. The molecule has 5 rings (SSSR count). The van der Waals surface area contributed by atoms with E-state index in [1.54, 1.807) is 19.6 Å². The molecular weight excluding hydrogens is 352 g/mol. The highest BCUT2D eigenvalue weighted by Gasteiger charge is 2.19. The maximum absolute atomic E-state index is 5.57. The highest BCUT2D eigenvalue weighted by atomic mass is 16.5. The highest BCUT2D eigenvalue weighted by Crippen LogP contribution is 2.36. The number of pyridine rings is 1. The smallest absolute Gasteiger partial charge is 0.141 e. The number of anilines is 1. The first-order valence-electron chi connectivity index (χ1n) is 9.43. The standard InChI is InChI=1S/C21H22N6O/c1-26-7-9-27(10-8-26)21-15-11-14(3-4-17(15)24-13-25-21)16-12-23-20-19(16)18(28-2)5-6-22-20/h3-6,11-13H,7-10H2,1-2H3,(H,22,23). The van der Waals surface area contributed by atoms with Crippen molar-refractivity contribution in [2.24, 2.45) is 0 Å². The van der Waals surface area contributed by atoms with Crippen molar-refractivity contribution in [3.8, 4) is 16.9 Å². The van der Waals surface area contributed by atoms with Crippen molar-refractivity contribution in [2.75, 3.05) is 45.2 Å². The number of fused-ring (bicyclic) bond motifs is 2. The maximum atomic E-state index is 5.57. The second kappa shape index (κ2) is 6.76. The first-order valence-corrected chi connectivity index (χ1v) is 9.43. The van der Waals surface area contributed by atoms with Gasteiger partial charge in [0.2, 0.25) is 0 Å². The summed E-state index contributed by atoms with van der Waals surface area (Å²) in [5, 5.41) is 2.06. The number of benzene rings is 1. The average molecular weight is 374 g/mol. The van der Waals surface area contributed by atoms with Crippen LogP contribution in [0, 0.1) is 0 Å². The van der Waals surface area contributed by atoms with Crippen molar-refractivity contribution in [2.45, 2.75) is 0 Å². The zero-order chi connectivity index (χ0) is 19.1. The fourth-order valence-electron chi connectivity index (χ4n) is 3.91. The molecule has 0 spiro atoms. The molecule has 142 valence electrons. The van der Waals surface area contributed by atoms with Crippen LogP contribution in [-0.2, 0) is 0 Å². The number of piperazine rings is 1. The number of H-pyrrole nitrogens is 1. The molecule has 1 saturated heterocycles. The molecule has 7 heteroatoms. The minimum absolute atomic E-state index is 0.810. The van der Waals surface area contributed by atoms with E-state index in [0.717, 1.165) is 70.8 Å². The first-order chi connectivity index (χ1) is 13.7. The van der Waals surface area contributed by atoms with E-state index in [4.69, 9.17) is 4.74 Å². The van der Waals surface area contributed by atoms with Gasteiger partial charge in [-0.25, -0.2) is 15.0 Å². The fourth-order valence-corrected chi connectivity index (χ4v) is 3.91. The molecule has 0 saturated carbocycles. The van der Waals surface area contributed by atoms with E-state index < -0.39 is 0 Å². The van der Waals surface area contributed by atoms with Crippen LogP contribution < -0.4 is 9.64 Å². The quantitative estimate of drug-likeness (QED) is 0.595. The Kier molecular flexibility index (Phi) is 4.09. The molecule has 1 fully saturated rings. The van der Waals surface area contributed by atoms with Crippen molar-refractivity contribution in [3.05, 3.63) is 43.0 Å². The van der Waals surface area contributed by atoms with Crippen LogP contribution in [0.5, 0.6) is 5.75 Å². The molecule has 0 bridgehead atoms. The van der Waals surface area contributed by atoms with Crippen molar-refractivity contribution >= 4 is 27.8 Å².